The Hall–Kier alpha value is -1.56. The van der Waals surface area contributed by atoms with Gasteiger partial charge in [-0.15, -0.1) is 0 Å². The minimum atomic E-state index is -0.367. The third kappa shape index (κ3) is 0.782. The van der Waals surface area contributed by atoms with E-state index in [1.807, 2.05) is 0 Å². The van der Waals surface area contributed by atoms with Gasteiger partial charge in [0.2, 0.25) is 10.9 Å². The molecule has 0 fully saturated rings. The summed E-state index contributed by atoms with van der Waals surface area (Å²) in [5.41, 5.74) is 0. The number of fused-ring (bicyclic) bond motifs is 1. The molecule has 0 unspecified atom stereocenters. The molecule has 62 valence electrons. The van der Waals surface area contributed by atoms with Crippen LogP contribution in [0, 0.1) is 0 Å². The summed E-state index contributed by atoms with van der Waals surface area (Å²) in [5, 5.41) is 27.2. The first kappa shape index (κ1) is 7.11. The Morgan fingerprint density at radius 1 is 1.17 bits per heavy atom. The maximum atomic E-state index is 9.20. The fraction of sp³-hybridized carbons (Fsp3) is 0. The number of aromatic nitrogens is 2. The highest BCUT2D eigenvalue weighted by Crippen LogP contribution is 2.43. The zero-order valence-electron chi connectivity index (χ0n) is 5.72. The van der Waals surface area contributed by atoms with Gasteiger partial charge < -0.3 is 15.3 Å². The maximum absolute atomic E-state index is 9.20. The Morgan fingerprint density at radius 3 is 2.58 bits per heavy atom. The average molecular weight is 184 g/mol. The summed E-state index contributed by atoms with van der Waals surface area (Å²) >= 11 is 0.887. The van der Waals surface area contributed by atoms with Crippen molar-refractivity contribution in [2.75, 3.05) is 0 Å². The van der Waals surface area contributed by atoms with Crippen LogP contribution in [0.5, 0.6) is 16.7 Å². The SMILES string of the molecule is Oc1sc2ncnc(O)c2c1O. The van der Waals surface area contributed by atoms with Gasteiger partial charge in [0.25, 0.3) is 0 Å². The van der Waals surface area contributed by atoms with E-state index in [1.165, 1.54) is 0 Å². The van der Waals surface area contributed by atoms with Crippen LogP contribution in [0.15, 0.2) is 6.33 Å². The highest BCUT2D eigenvalue weighted by molar-refractivity contribution is 7.20. The number of thiophene rings is 1. The highest BCUT2D eigenvalue weighted by atomic mass is 32.1. The van der Waals surface area contributed by atoms with Gasteiger partial charge in [0.1, 0.15) is 16.5 Å². The van der Waals surface area contributed by atoms with E-state index in [9.17, 15) is 5.11 Å². The normalized spacial score (nSPS) is 10.7. The van der Waals surface area contributed by atoms with Gasteiger partial charge in [-0.2, -0.15) is 0 Å². The number of nitrogens with zero attached hydrogens (tertiary/aromatic N) is 2. The van der Waals surface area contributed by atoms with Crippen LogP contribution in [0.25, 0.3) is 10.2 Å². The number of hydrogen-bond donors (Lipinski definition) is 3. The summed E-state index contributed by atoms with van der Waals surface area (Å²) in [6.07, 6.45) is 1.16. The van der Waals surface area contributed by atoms with Gasteiger partial charge >= 0.3 is 0 Å². The van der Waals surface area contributed by atoms with Crippen LogP contribution in [0.1, 0.15) is 0 Å². The van der Waals surface area contributed by atoms with Gasteiger partial charge in [-0.25, -0.2) is 9.97 Å². The van der Waals surface area contributed by atoms with Crippen LogP contribution in [0.3, 0.4) is 0 Å². The molecule has 0 saturated carbocycles. The molecule has 12 heavy (non-hydrogen) atoms. The van der Waals surface area contributed by atoms with Crippen LogP contribution < -0.4 is 0 Å². The zero-order chi connectivity index (χ0) is 8.72. The quantitative estimate of drug-likeness (QED) is 0.564. The van der Waals surface area contributed by atoms with E-state index >= 15 is 0 Å². The van der Waals surface area contributed by atoms with Crippen LogP contribution in [0.2, 0.25) is 0 Å². The minimum absolute atomic E-state index is 0.0972. The molecule has 0 spiro atoms. The fourth-order valence-electron chi connectivity index (χ4n) is 0.892. The first-order valence-corrected chi connectivity index (χ1v) is 3.86. The van der Waals surface area contributed by atoms with E-state index in [1.54, 1.807) is 0 Å². The summed E-state index contributed by atoms with van der Waals surface area (Å²) in [6, 6.07) is 0. The molecule has 6 heteroatoms. The molecule has 0 aliphatic heterocycles. The molecule has 0 aliphatic carbocycles. The molecular formula is C6H4N2O3S. The Kier molecular flexibility index (Phi) is 1.31. The molecule has 3 N–H and O–H groups in total. The Morgan fingerprint density at radius 2 is 1.92 bits per heavy atom. The zero-order valence-corrected chi connectivity index (χ0v) is 6.54. The summed E-state index contributed by atoms with van der Waals surface area (Å²) < 4.78 is 0. The number of hydrogen-bond acceptors (Lipinski definition) is 6. The van der Waals surface area contributed by atoms with Crippen molar-refractivity contribution in [2.24, 2.45) is 0 Å². The molecule has 2 aromatic heterocycles. The lowest BCUT2D eigenvalue weighted by Crippen LogP contribution is -1.77. The van der Waals surface area contributed by atoms with E-state index in [4.69, 9.17) is 10.2 Å². The molecule has 0 amide bonds. The second-order valence-electron chi connectivity index (χ2n) is 2.13. The predicted molar refractivity (Wildman–Crippen MR) is 42.4 cm³/mol. The van der Waals surface area contributed by atoms with Crippen molar-refractivity contribution in [3.8, 4) is 16.7 Å². The summed E-state index contributed by atoms with van der Waals surface area (Å²) in [6.45, 7) is 0. The first-order valence-electron chi connectivity index (χ1n) is 3.04. The van der Waals surface area contributed by atoms with Gasteiger partial charge in [0, 0.05) is 0 Å². The third-order valence-corrected chi connectivity index (χ3v) is 2.31. The van der Waals surface area contributed by atoms with E-state index in [-0.39, 0.29) is 22.1 Å². The van der Waals surface area contributed by atoms with Crippen LogP contribution >= 0.6 is 11.3 Å². The van der Waals surface area contributed by atoms with E-state index < -0.39 is 0 Å². The average Bonchev–Trinajstić information content (AvgIpc) is 2.29. The van der Waals surface area contributed by atoms with Gasteiger partial charge in [-0.3, -0.25) is 0 Å². The molecule has 2 rings (SSSR count). The molecule has 0 radical (unpaired) electrons. The van der Waals surface area contributed by atoms with E-state index in [2.05, 4.69) is 9.97 Å². The Labute approximate surface area is 70.6 Å². The molecule has 0 atom stereocenters. The van der Waals surface area contributed by atoms with Crippen molar-refractivity contribution in [1.82, 2.24) is 9.97 Å². The lowest BCUT2D eigenvalue weighted by molar-refractivity contribution is 0.414. The van der Waals surface area contributed by atoms with Crippen LogP contribution in [-0.4, -0.2) is 25.3 Å². The van der Waals surface area contributed by atoms with Crippen LogP contribution in [0.4, 0.5) is 0 Å². The third-order valence-electron chi connectivity index (χ3n) is 1.43. The molecule has 0 saturated heterocycles. The van der Waals surface area contributed by atoms with Crippen molar-refractivity contribution in [3.63, 3.8) is 0 Å². The Bertz CT molecular complexity index is 440. The van der Waals surface area contributed by atoms with E-state index in [0.717, 1.165) is 17.7 Å². The van der Waals surface area contributed by atoms with Crippen molar-refractivity contribution in [1.29, 1.82) is 0 Å². The summed E-state index contributed by atoms with van der Waals surface area (Å²) in [4.78, 5) is 7.57. The first-order chi connectivity index (χ1) is 5.70. The number of rotatable bonds is 0. The molecule has 2 aromatic rings. The van der Waals surface area contributed by atoms with Crippen molar-refractivity contribution < 1.29 is 15.3 Å². The van der Waals surface area contributed by atoms with Crippen LogP contribution in [-0.2, 0) is 0 Å². The predicted octanol–water partition coefficient (Wildman–Crippen LogP) is 0.808. The molecule has 0 bridgehead atoms. The van der Waals surface area contributed by atoms with Gasteiger partial charge in [-0.1, -0.05) is 11.3 Å². The largest absolute Gasteiger partial charge is 0.503 e. The van der Waals surface area contributed by atoms with Gasteiger partial charge in [0.15, 0.2) is 5.75 Å². The smallest absolute Gasteiger partial charge is 0.226 e. The lowest BCUT2D eigenvalue weighted by Gasteiger charge is -1.91. The second kappa shape index (κ2) is 2.21. The minimum Gasteiger partial charge on any atom is -0.503 e. The van der Waals surface area contributed by atoms with E-state index in [0.29, 0.717) is 4.83 Å². The fourth-order valence-corrected chi connectivity index (χ4v) is 1.66. The topological polar surface area (TPSA) is 86.5 Å². The lowest BCUT2D eigenvalue weighted by atomic mass is 10.4. The standard InChI is InChI=1S/C6H4N2O3S/c9-3-2-4(10)7-1-8-5(2)12-6(3)11/h1,9,11H,(H,7,8,10). The summed E-state index contributed by atoms with van der Waals surface area (Å²) in [7, 11) is 0. The maximum Gasteiger partial charge on any atom is 0.226 e. The molecule has 0 aromatic carbocycles. The van der Waals surface area contributed by atoms with Crippen molar-refractivity contribution in [2.45, 2.75) is 0 Å². The molecular weight excluding hydrogens is 180 g/mol. The second-order valence-corrected chi connectivity index (χ2v) is 3.11. The highest BCUT2D eigenvalue weighted by Gasteiger charge is 2.14. The van der Waals surface area contributed by atoms with Crippen molar-refractivity contribution >= 4 is 21.6 Å². The monoisotopic (exact) mass is 184 g/mol. The molecule has 5 nitrogen and oxygen atoms in total. The van der Waals surface area contributed by atoms with Gasteiger partial charge in [-0.05, 0) is 0 Å². The number of aromatic hydroxyl groups is 3. The van der Waals surface area contributed by atoms with Gasteiger partial charge in [0.05, 0.1) is 0 Å². The van der Waals surface area contributed by atoms with Crippen molar-refractivity contribution in [3.05, 3.63) is 6.33 Å². The summed E-state index contributed by atoms with van der Waals surface area (Å²) in [5.74, 6) is -0.692. The molecule has 0 aliphatic rings. The Balaban J connectivity index is 2.97. The molecule has 2 heterocycles.